The van der Waals surface area contributed by atoms with Gasteiger partial charge in [0.2, 0.25) is 0 Å². The summed E-state index contributed by atoms with van der Waals surface area (Å²) in [6.45, 7) is 13.2. The van der Waals surface area contributed by atoms with Crippen molar-refractivity contribution in [3.63, 3.8) is 0 Å². The molecule has 0 fully saturated rings. The molecule has 0 saturated heterocycles. The minimum atomic E-state index is -1.93. The Morgan fingerprint density at radius 1 is 0.552 bits per heavy atom. The summed E-state index contributed by atoms with van der Waals surface area (Å²) < 4.78 is 12.7. The SMILES string of the molecule is CCCCCCCCCCCCCCCCO[Si](CC)(CC)OCCC(C)CC. The van der Waals surface area contributed by atoms with Gasteiger partial charge in [0, 0.05) is 13.2 Å². The van der Waals surface area contributed by atoms with Crippen molar-refractivity contribution in [1.82, 2.24) is 0 Å². The quantitative estimate of drug-likeness (QED) is 0.119. The lowest BCUT2D eigenvalue weighted by Crippen LogP contribution is -2.41. The summed E-state index contributed by atoms with van der Waals surface area (Å²) in [5.41, 5.74) is 0. The lowest BCUT2D eigenvalue weighted by Gasteiger charge is -2.29. The van der Waals surface area contributed by atoms with Crippen molar-refractivity contribution in [2.45, 2.75) is 149 Å². The van der Waals surface area contributed by atoms with Crippen LogP contribution in [0.1, 0.15) is 137 Å². The highest BCUT2D eigenvalue weighted by Crippen LogP contribution is 2.21. The zero-order valence-electron chi connectivity index (χ0n) is 21.0. The van der Waals surface area contributed by atoms with Gasteiger partial charge in [-0.2, -0.15) is 0 Å². The van der Waals surface area contributed by atoms with Crippen LogP contribution in [-0.4, -0.2) is 21.8 Å². The molecule has 29 heavy (non-hydrogen) atoms. The number of rotatable bonds is 23. The third-order valence-electron chi connectivity index (χ3n) is 6.61. The Bertz CT molecular complexity index is 318. The van der Waals surface area contributed by atoms with Gasteiger partial charge in [-0.05, 0) is 30.8 Å². The summed E-state index contributed by atoms with van der Waals surface area (Å²) in [6, 6.07) is 2.17. The van der Waals surface area contributed by atoms with E-state index in [4.69, 9.17) is 8.85 Å². The Kier molecular flexibility index (Phi) is 21.5. The highest BCUT2D eigenvalue weighted by Gasteiger charge is 2.33. The van der Waals surface area contributed by atoms with Crippen LogP contribution in [0.25, 0.3) is 0 Å². The van der Waals surface area contributed by atoms with Crippen molar-refractivity contribution in [3.8, 4) is 0 Å². The zero-order valence-corrected chi connectivity index (χ0v) is 22.0. The predicted octanol–water partition coefficient (Wildman–Crippen LogP) is 9.42. The number of hydrogen-bond donors (Lipinski definition) is 0. The van der Waals surface area contributed by atoms with Gasteiger partial charge in [-0.3, -0.25) is 0 Å². The molecule has 0 aromatic heterocycles. The third-order valence-corrected chi connectivity index (χ3v) is 10.2. The second-order valence-corrected chi connectivity index (χ2v) is 13.0. The van der Waals surface area contributed by atoms with Crippen molar-refractivity contribution < 1.29 is 8.85 Å². The van der Waals surface area contributed by atoms with E-state index in [-0.39, 0.29) is 0 Å². The van der Waals surface area contributed by atoms with E-state index in [2.05, 4.69) is 34.6 Å². The van der Waals surface area contributed by atoms with Gasteiger partial charge < -0.3 is 8.85 Å². The summed E-state index contributed by atoms with van der Waals surface area (Å²) in [5.74, 6) is 0.765. The smallest absolute Gasteiger partial charge is 0.337 e. The van der Waals surface area contributed by atoms with Crippen LogP contribution in [0.3, 0.4) is 0 Å². The second kappa shape index (κ2) is 21.4. The minimum Gasteiger partial charge on any atom is -0.394 e. The van der Waals surface area contributed by atoms with Crippen molar-refractivity contribution in [2.75, 3.05) is 13.2 Å². The fraction of sp³-hybridized carbons (Fsp3) is 1.00. The molecule has 0 heterocycles. The van der Waals surface area contributed by atoms with Crippen LogP contribution >= 0.6 is 0 Å². The van der Waals surface area contributed by atoms with Crippen LogP contribution in [0.2, 0.25) is 12.1 Å². The first-order valence-electron chi connectivity index (χ1n) is 13.4. The molecule has 0 amide bonds. The molecule has 0 aliphatic carbocycles. The molecular formula is C26H56O2Si. The fourth-order valence-electron chi connectivity index (χ4n) is 3.90. The van der Waals surface area contributed by atoms with Crippen molar-refractivity contribution >= 4 is 8.56 Å². The molecule has 0 aliphatic heterocycles. The number of hydrogen-bond acceptors (Lipinski definition) is 2. The Labute approximate surface area is 186 Å². The van der Waals surface area contributed by atoms with Crippen LogP contribution in [0, 0.1) is 5.92 Å². The minimum absolute atomic E-state index is 0.765. The van der Waals surface area contributed by atoms with Crippen LogP contribution in [-0.2, 0) is 8.85 Å². The van der Waals surface area contributed by atoms with E-state index in [1.807, 2.05) is 0 Å². The lowest BCUT2D eigenvalue weighted by atomic mass is 10.0. The maximum absolute atomic E-state index is 6.37. The summed E-state index contributed by atoms with van der Waals surface area (Å²) in [5, 5.41) is 0. The summed E-state index contributed by atoms with van der Waals surface area (Å²) in [4.78, 5) is 0. The highest BCUT2D eigenvalue weighted by molar-refractivity contribution is 6.67. The standard InChI is InChI=1S/C26H56O2Si/c1-6-10-11-12-13-14-15-16-17-18-19-20-21-22-24-27-29(8-3,9-4)28-25-23-26(5)7-2/h26H,6-25H2,1-5H3. The van der Waals surface area contributed by atoms with Crippen LogP contribution in [0.4, 0.5) is 0 Å². The molecule has 1 unspecified atom stereocenters. The largest absolute Gasteiger partial charge is 0.394 e. The molecule has 0 saturated carbocycles. The van der Waals surface area contributed by atoms with Gasteiger partial charge in [-0.1, -0.05) is 125 Å². The molecule has 0 aromatic rings. The van der Waals surface area contributed by atoms with Gasteiger partial charge in [0.1, 0.15) is 0 Å². The molecule has 0 N–H and O–H groups in total. The first kappa shape index (κ1) is 29.1. The molecule has 1 atom stereocenters. The molecule has 0 aliphatic rings. The summed E-state index contributed by atoms with van der Waals surface area (Å²) in [7, 11) is -1.93. The third kappa shape index (κ3) is 17.5. The van der Waals surface area contributed by atoms with E-state index in [1.54, 1.807) is 0 Å². The lowest BCUT2D eigenvalue weighted by molar-refractivity contribution is 0.157. The molecule has 0 rings (SSSR count). The van der Waals surface area contributed by atoms with Crippen LogP contribution in [0.5, 0.6) is 0 Å². The average Bonchev–Trinajstić information content (AvgIpc) is 2.75. The molecule has 3 heteroatoms. The van der Waals surface area contributed by atoms with E-state index in [1.165, 1.54) is 103 Å². The van der Waals surface area contributed by atoms with Gasteiger partial charge >= 0.3 is 8.56 Å². The topological polar surface area (TPSA) is 18.5 Å². The Balaban J connectivity index is 3.54. The maximum atomic E-state index is 6.37. The molecule has 0 aromatic carbocycles. The van der Waals surface area contributed by atoms with E-state index >= 15 is 0 Å². The van der Waals surface area contributed by atoms with Gasteiger partial charge in [-0.15, -0.1) is 0 Å². The normalized spacial score (nSPS) is 13.1. The maximum Gasteiger partial charge on any atom is 0.337 e. The Morgan fingerprint density at radius 2 is 0.966 bits per heavy atom. The monoisotopic (exact) mass is 428 g/mol. The van der Waals surface area contributed by atoms with E-state index < -0.39 is 8.56 Å². The molecule has 0 spiro atoms. The number of unbranched alkanes of at least 4 members (excludes halogenated alkanes) is 13. The molecule has 2 nitrogen and oxygen atoms in total. The van der Waals surface area contributed by atoms with E-state index in [0.717, 1.165) is 31.2 Å². The Hall–Kier alpha value is 0.137. The van der Waals surface area contributed by atoms with Crippen molar-refractivity contribution in [1.29, 1.82) is 0 Å². The zero-order chi connectivity index (χ0) is 21.6. The first-order chi connectivity index (χ1) is 14.1. The summed E-state index contributed by atoms with van der Waals surface area (Å²) >= 11 is 0. The van der Waals surface area contributed by atoms with Crippen LogP contribution < -0.4 is 0 Å². The molecular weight excluding hydrogens is 372 g/mol. The molecule has 176 valence electrons. The predicted molar refractivity (Wildman–Crippen MR) is 133 cm³/mol. The van der Waals surface area contributed by atoms with Crippen molar-refractivity contribution in [3.05, 3.63) is 0 Å². The van der Waals surface area contributed by atoms with E-state index in [9.17, 15) is 0 Å². The summed E-state index contributed by atoms with van der Waals surface area (Å²) in [6.07, 6.45) is 22.1. The first-order valence-corrected chi connectivity index (χ1v) is 15.6. The molecule has 0 bridgehead atoms. The van der Waals surface area contributed by atoms with Crippen molar-refractivity contribution in [2.24, 2.45) is 5.92 Å². The highest BCUT2D eigenvalue weighted by atomic mass is 28.4. The van der Waals surface area contributed by atoms with E-state index in [0.29, 0.717) is 0 Å². The second-order valence-electron chi connectivity index (χ2n) is 9.21. The van der Waals surface area contributed by atoms with Gasteiger partial charge in [0.05, 0.1) is 0 Å². The Morgan fingerprint density at radius 3 is 1.38 bits per heavy atom. The molecule has 0 radical (unpaired) electrons. The average molecular weight is 429 g/mol. The van der Waals surface area contributed by atoms with Crippen LogP contribution in [0.15, 0.2) is 0 Å². The van der Waals surface area contributed by atoms with Gasteiger partial charge in [0.25, 0.3) is 0 Å². The van der Waals surface area contributed by atoms with Gasteiger partial charge in [0.15, 0.2) is 0 Å². The van der Waals surface area contributed by atoms with Gasteiger partial charge in [-0.25, -0.2) is 0 Å². The fourth-order valence-corrected chi connectivity index (χ4v) is 6.31.